The minimum absolute atomic E-state index is 0.230. The molecule has 0 fully saturated rings. The lowest BCUT2D eigenvalue weighted by atomic mass is 10.1. The summed E-state index contributed by atoms with van der Waals surface area (Å²) in [5.41, 5.74) is 6.83. The first-order chi connectivity index (χ1) is 13.1. The zero-order valence-electron chi connectivity index (χ0n) is 15.7. The number of aromatic nitrogens is 3. The molecule has 4 nitrogen and oxygen atoms in total. The van der Waals surface area contributed by atoms with E-state index in [9.17, 15) is 4.39 Å². The van der Waals surface area contributed by atoms with Crippen molar-refractivity contribution in [2.24, 2.45) is 0 Å². The number of hydrogen-bond acceptors (Lipinski definition) is 1. The van der Waals surface area contributed by atoms with Gasteiger partial charge in [-0.05, 0) is 49.7 Å². The highest BCUT2D eigenvalue weighted by molar-refractivity contribution is 5.82. The number of fused-ring (bicyclic) bond motifs is 1. The highest BCUT2D eigenvalue weighted by Crippen LogP contribution is 2.18. The van der Waals surface area contributed by atoms with Crippen LogP contribution in [0.4, 0.5) is 4.39 Å². The van der Waals surface area contributed by atoms with Gasteiger partial charge in [0.05, 0.1) is 29.2 Å². The van der Waals surface area contributed by atoms with Crippen molar-refractivity contribution in [1.29, 1.82) is 0 Å². The molecule has 0 saturated carbocycles. The van der Waals surface area contributed by atoms with E-state index in [1.807, 2.05) is 11.6 Å². The van der Waals surface area contributed by atoms with Crippen molar-refractivity contribution in [3.63, 3.8) is 0 Å². The van der Waals surface area contributed by atoms with E-state index in [1.165, 1.54) is 34.2 Å². The Morgan fingerprint density at radius 2 is 1.85 bits per heavy atom. The maximum absolute atomic E-state index is 13.2. The quantitative estimate of drug-likeness (QED) is 0.507. The van der Waals surface area contributed by atoms with Crippen LogP contribution in [0.15, 0.2) is 54.7 Å². The third-order valence-corrected chi connectivity index (χ3v) is 5.15. The Morgan fingerprint density at radius 3 is 2.67 bits per heavy atom. The highest BCUT2D eigenvalue weighted by Gasteiger charge is 2.14. The van der Waals surface area contributed by atoms with E-state index in [0.717, 1.165) is 36.6 Å². The number of halogens is 1. The molecule has 2 heterocycles. The minimum atomic E-state index is -0.230. The molecule has 0 aliphatic rings. The predicted octanol–water partition coefficient (Wildman–Crippen LogP) is 3.42. The fraction of sp³-hybridized carbons (Fsp3) is 0.227. The molecule has 0 atom stereocenters. The Bertz CT molecular complexity index is 1060. The first-order valence-corrected chi connectivity index (χ1v) is 9.31. The number of aromatic amines is 1. The molecule has 4 rings (SSSR count). The van der Waals surface area contributed by atoms with Crippen LogP contribution >= 0.6 is 0 Å². The molecule has 0 aliphatic carbocycles. The van der Waals surface area contributed by atoms with Crippen molar-refractivity contribution in [3.8, 4) is 5.69 Å². The van der Waals surface area contributed by atoms with Crippen LogP contribution in [0.3, 0.4) is 0 Å². The number of benzene rings is 2. The highest BCUT2D eigenvalue weighted by atomic mass is 19.1. The zero-order chi connectivity index (χ0) is 18.8. The first kappa shape index (κ1) is 17.5. The molecule has 0 radical (unpaired) electrons. The summed E-state index contributed by atoms with van der Waals surface area (Å²) >= 11 is 0. The Hall–Kier alpha value is -2.92. The number of nitrogens with one attached hydrogen (secondary N) is 1. The summed E-state index contributed by atoms with van der Waals surface area (Å²) in [7, 11) is 0. The van der Waals surface area contributed by atoms with Gasteiger partial charge in [0.2, 0.25) is 0 Å². The lowest BCUT2D eigenvalue weighted by Gasteiger charge is -2.05. The Kier molecular flexibility index (Phi) is 4.77. The molecule has 0 amide bonds. The van der Waals surface area contributed by atoms with Crippen LogP contribution in [0.2, 0.25) is 0 Å². The van der Waals surface area contributed by atoms with Crippen molar-refractivity contribution < 1.29 is 9.71 Å². The van der Waals surface area contributed by atoms with Gasteiger partial charge >= 0.3 is 0 Å². The molecule has 138 valence electrons. The second-order valence-electron chi connectivity index (χ2n) is 6.93. The van der Waals surface area contributed by atoms with Crippen molar-refractivity contribution in [2.75, 3.05) is 6.54 Å². The van der Waals surface area contributed by atoms with Crippen molar-refractivity contribution >= 4 is 10.9 Å². The molecule has 5 heteroatoms. The van der Waals surface area contributed by atoms with Gasteiger partial charge < -0.3 is 10.3 Å². The van der Waals surface area contributed by atoms with E-state index in [-0.39, 0.29) is 5.82 Å². The van der Waals surface area contributed by atoms with Gasteiger partial charge in [0.1, 0.15) is 12.4 Å². The molecular weight excluding hydrogens is 339 g/mol. The number of para-hydroxylation sites is 1. The fourth-order valence-electron chi connectivity index (χ4n) is 3.65. The normalized spacial score (nSPS) is 11.4. The number of nitrogens with two attached hydrogens (primary N) is 1. The summed E-state index contributed by atoms with van der Waals surface area (Å²) < 4.78 is 15.1. The average molecular weight is 363 g/mol. The van der Waals surface area contributed by atoms with Gasteiger partial charge in [0.25, 0.3) is 0 Å². The summed E-state index contributed by atoms with van der Waals surface area (Å²) in [6, 6.07) is 14.9. The van der Waals surface area contributed by atoms with Crippen LogP contribution in [0.1, 0.15) is 22.5 Å². The van der Waals surface area contributed by atoms with E-state index in [4.69, 9.17) is 0 Å². The third-order valence-electron chi connectivity index (χ3n) is 5.15. The fourth-order valence-corrected chi connectivity index (χ4v) is 3.65. The topological polar surface area (TPSA) is 50.2 Å². The van der Waals surface area contributed by atoms with Gasteiger partial charge in [0, 0.05) is 23.5 Å². The summed E-state index contributed by atoms with van der Waals surface area (Å²) in [6.07, 6.45) is 3.13. The molecule has 27 heavy (non-hydrogen) atoms. The predicted molar refractivity (Wildman–Crippen MR) is 105 cm³/mol. The average Bonchev–Trinajstić information content (AvgIpc) is 3.21. The lowest BCUT2D eigenvalue weighted by molar-refractivity contribution is -0.670. The molecule has 3 N–H and O–H groups in total. The van der Waals surface area contributed by atoms with E-state index in [2.05, 4.69) is 52.8 Å². The van der Waals surface area contributed by atoms with Crippen LogP contribution in [0.5, 0.6) is 0 Å². The summed E-state index contributed by atoms with van der Waals surface area (Å²) in [6.45, 7) is 6.02. The standard InChI is InChI=1S/C22H23FN4/c1-15-21(16(2)27(26-15)19-9-7-18(23)8-10-19)14-24-12-11-17-13-25-22-6-4-3-5-20(17)22/h3-10,13,24-25H,11-12,14H2,1-2H3/p+1. The van der Waals surface area contributed by atoms with Crippen LogP contribution in [-0.4, -0.2) is 21.3 Å². The van der Waals surface area contributed by atoms with E-state index >= 15 is 0 Å². The number of H-pyrrole nitrogens is 1. The second kappa shape index (κ2) is 7.37. The number of rotatable bonds is 6. The number of aryl methyl sites for hydroxylation is 1. The van der Waals surface area contributed by atoms with Crippen molar-refractivity contribution in [1.82, 2.24) is 14.8 Å². The second-order valence-corrected chi connectivity index (χ2v) is 6.93. The minimum Gasteiger partial charge on any atom is -0.361 e. The summed E-state index contributed by atoms with van der Waals surface area (Å²) in [4.78, 5) is 3.34. The smallest absolute Gasteiger partial charge is 0.123 e. The SMILES string of the molecule is Cc1nn(-c2ccc(F)cc2)c(C)c1C[NH2+]CCc1c[nH]c2ccccc12. The third kappa shape index (κ3) is 3.51. The maximum Gasteiger partial charge on any atom is 0.123 e. The van der Waals surface area contributed by atoms with Gasteiger partial charge in [-0.1, -0.05) is 18.2 Å². The van der Waals surface area contributed by atoms with Gasteiger partial charge in [-0.3, -0.25) is 0 Å². The number of hydrogen-bond donors (Lipinski definition) is 2. The molecular formula is C22H24FN4+. The molecule has 2 aromatic heterocycles. The van der Waals surface area contributed by atoms with E-state index in [0.29, 0.717) is 0 Å². The van der Waals surface area contributed by atoms with Crippen LogP contribution in [0.25, 0.3) is 16.6 Å². The molecule has 0 spiro atoms. The maximum atomic E-state index is 13.2. The molecule has 0 aliphatic heterocycles. The Morgan fingerprint density at radius 1 is 1.07 bits per heavy atom. The largest absolute Gasteiger partial charge is 0.361 e. The van der Waals surface area contributed by atoms with E-state index < -0.39 is 0 Å². The molecule has 2 aromatic carbocycles. The Labute approximate surface area is 158 Å². The zero-order valence-corrected chi connectivity index (χ0v) is 15.7. The molecule has 0 unspecified atom stereocenters. The van der Waals surface area contributed by atoms with Crippen LogP contribution < -0.4 is 5.32 Å². The molecule has 0 bridgehead atoms. The lowest BCUT2D eigenvalue weighted by Crippen LogP contribution is -2.83. The van der Waals surface area contributed by atoms with E-state index in [1.54, 1.807) is 12.1 Å². The van der Waals surface area contributed by atoms with Crippen LogP contribution in [0, 0.1) is 19.7 Å². The number of nitrogens with zero attached hydrogens (tertiary/aromatic N) is 2. The number of quaternary nitrogens is 1. The first-order valence-electron chi connectivity index (χ1n) is 9.31. The van der Waals surface area contributed by atoms with Gasteiger partial charge in [0.15, 0.2) is 0 Å². The molecule has 0 saturated heterocycles. The van der Waals surface area contributed by atoms with Crippen molar-refractivity contribution in [3.05, 3.63) is 83.1 Å². The van der Waals surface area contributed by atoms with Crippen LogP contribution in [-0.2, 0) is 13.0 Å². The Balaban J connectivity index is 1.42. The van der Waals surface area contributed by atoms with Crippen molar-refractivity contribution in [2.45, 2.75) is 26.8 Å². The summed E-state index contributed by atoms with van der Waals surface area (Å²) in [5, 5.41) is 8.28. The summed E-state index contributed by atoms with van der Waals surface area (Å²) in [5.74, 6) is -0.230. The monoisotopic (exact) mass is 363 g/mol. The van der Waals surface area contributed by atoms with Gasteiger partial charge in [-0.2, -0.15) is 5.10 Å². The van der Waals surface area contributed by atoms with Gasteiger partial charge in [-0.25, -0.2) is 9.07 Å². The van der Waals surface area contributed by atoms with Gasteiger partial charge in [-0.15, -0.1) is 0 Å². The molecule has 4 aromatic rings.